The maximum absolute atomic E-state index is 13.7. The van der Waals surface area contributed by atoms with Crippen molar-refractivity contribution < 1.29 is 23.8 Å². The van der Waals surface area contributed by atoms with E-state index in [1.165, 1.54) is 12.0 Å². The molecule has 0 fully saturated rings. The van der Waals surface area contributed by atoms with E-state index in [1.807, 2.05) is 24.3 Å². The van der Waals surface area contributed by atoms with Gasteiger partial charge in [-0.25, -0.2) is 4.68 Å². The Morgan fingerprint density at radius 1 is 1.06 bits per heavy atom. The number of hydrogen-bond acceptors (Lipinski definition) is 7. The molecule has 194 valence electrons. The second kappa shape index (κ2) is 12.9. The monoisotopic (exact) mass is 497 g/mol. The maximum Gasteiger partial charge on any atom is 0.247 e. The Morgan fingerprint density at radius 3 is 2.50 bits per heavy atom. The van der Waals surface area contributed by atoms with Crippen molar-refractivity contribution >= 4 is 22.8 Å². The Kier molecular flexibility index (Phi) is 9.63. The molecule has 3 rings (SSSR count). The zero-order chi connectivity index (χ0) is 26.1. The van der Waals surface area contributed by atoms with Gasteiger partial charge in [0.15, 0.2) is 11.5 Å². The van der Waals surface area contributed by atoms with Gasteiger partial charge in [-0.05, 0) is 42.2 Å². The van der Waals surface area contributed by atoms with Crippen molar-refractivity contribution in [2.75, 3.05) is 41.0 Å². The average Bonchev–Trinajstić information content (AvgIpc) is 3.28. The number of para-hydroxylation sites is 1. The molecule has 10 heteroatoms. The van der Waals surface area contributed by atoms with Gasteiger partial charge in [-0.3, -0.25) is 9.59 Å². The first kappa shape index (κ1) is 26.9. The van der Waals surface area contributed by atoms with Gasteiger partial charge in [-0.15, -0.1) is 5.10 Å². The number of nitrogens with one attached hydrogen (secondary N) is 1. The van der Waals surface area contributed by atoms with Crippen LogP contribution in [0.15, 0.2) is 42.5 Å². The Bertz CT molecular complexity index is 1160. The van der Waals surface area contributed by atoms with E-state index in [9.17, 15) is 9.59 Å². The summed E-state index contributed by atoms with van der Waals surface area (Å²) in [5.41, 5.74) is 2.03. The molecular weight excluding hydrogens is 462 g/mol. The zero-order valence-electron chi connectivity index (χ0n) is 21.6. The fraction of sp³-hybridized carbons (Fsp3) is 0.462. The molecule has 3 aromatic rings. The highest BCUT2D eigenvalue weighted by molar-refractivity contribution is 5.89. The van der Waals surface area contributed by atoms with Crippen LogP contribution in [-0.4, -0.2) is 72.7 Å². The predicted octanol–water partition coefficient (Wildman–Crippen LogP) is 2.83. The van der Waals surface area contributed by atoms with Crippen molar-refractivity contribution in [3.05, 3.63) is 48.0 Å². The number of hydrogen-bond donors (Lipinski definition) is 1. The molecule has 0 spiro atoms. The van der Waals surface area contributed by atoms with E-state index >= 15 is 0 Å². The van der Waals surface area contributed by atoms with Crippen LogP contribution < -0.4 is 14.8 Å². The summed E-state index contributed by atoms with van der Waals surface area (Å²) >= 11 is 0. The largest absolute Gasteiger partial charge is 0.493 e. The normalized spacial score (nSPS) is 11.9. The van der Waals surface area contributed by atoms with Gasteiger partial charge < -0.3 is 24.4 Å². The summed E-state index contributed by atoms with van der Waals surface area (Å²) in [6.45, 7) is 5.07. The highest BCUT2D eigenvalue weighted by atomic mass is 16.5. The van der Waals surface area contributed by atoms with Gasteiger partial charge in [0.25, 0.3) is 0 Å². The van der Waals surface area contributed by atoms with Gasteiger partial charge in [-0.2, -0.15) is 0 Å². The topological polar surface area (TPSA) is 108 Å². The molecule has 0 radical (unpaired) electrons. The summed E-state index contributed by atoms with van der Waals surface area (Å²) in [6.07, 6.45) is 0.821. The second-order valence-electron chi connectivity index (χ2n) is 8.81. The maximum atomic E-state index is 13.7. The highest BCUT2D eigenvalue weighted by Crippen LogP contribution is 2.32. The molecule has 0 aliphatic carbocycles. The summed E-state index contributed by atoms with van der Waals surface area (Å²) in [6, 6.07) is 11.7. The van der Waals surface area contributed by atoms with Crippen LogP contribution in [0.2, 0.25) is 0 Å². The SMILES string of the molecule is COCCN(C(=O)Cn1nnc2ccccc21)[C@@H](C(=O)NCCC(C)C)c1ccc(OC)c(OC)c1. The number of aromatic nitrogens is 3. The molecule has 0 aliphatic rings. The molecule has 36 heavy (non-hydrogen) atoms. The van der Waals surface area contributed by atoms with E-state index < -0.39 is 6.04 Å². The summed E-state index contributed by atoms with van der Waals surface area (Å²) in [5, 5.41) is 11.3. The number of amides is 2. The number of ether oxygens (including phenoxy) is 3. The molecule has 2 amide bonds. The zero-order valence-corrected chi connectivity index (χ0v) is 21.6. The van der Waals surface area contributed by atoms with Crippen molar-refractivity contribution in [1.82, 2.24) is 25.2 Å². The van der Waals surface area contributed by atoms with Crippen LogP contribution >= 0.6 is 0 Å². The lowest BCUT2D eigenvalue weighted by atomic mass is 10.0. The van der Waals surface area contributed by atoms with Crippen LogP contribution in [-0.2, 0) is 20.9 Å². The van der Waals surface area contributed by atoms with Crippen LogP contribution in [0.25, 0.3) is 11.0 Å². The first-order chi connectivity index (χ1) is 17.4. The fourth-order valence-electron chi connectivity index (χ4n) is 3.92. The first-order valence-electron chi connectivity index (χ1n) is 12.0. The number of methoxy groups -OCH3 is 3. The molecule has 0 saturated carbocycles. The minimum atomic E-state index is -0.908. The molecule has 1 aromatic heterocycles. The Balaban J connectivity index is 1.98. The lowest BCUT2D eigenvalue weighted by Crippen LogP contribution is -2.46. The molecular formula is C26H35N5O5. The Labute approximate surface area is 211 Å². The number of benzene rings is 2. The molecule has 10 nitrogen and oxygen atoms in total. The highest BCUT2D eigenvalue weighted by Gasteiger charge is 2.32. The smallest absolute Gasteiger partial charge is 0.247 e. The summed E-state index contributed by atoms with van der Waals surface area (Å²) in [7, 11) is 4.63. The lowest BCUT2D eigenvalue weighted by Gasteiger charge is -2.31. The molecule has 0 unspecified atom stereocenters. The van der Waals surface area contributed by atoms with Gasteiger partial charge >= 0.3 is 0 Å². The van der Waals surface area contributed by atoms with Crippen LogP contribution in [0.5, 0.6) is 11.5 Å². The van der Waals surface area contributed by atoms with E-state index in [0.29, 0.717) is 35.0 Å². The van der Waals surface area contributed by atoms with Crippen LogP contribution in [0.1, 0.15) is 31.9 Å². The number of carbonyl (C=O) groups excluding carboxylic acids is 2. The van der Waals surface area contributed by atoms with Crippen molar-refractivity contribution in [3.63, 3.8) is 0 Å². The van der Waals surface area contributed by atoms with Gasteiger partial charge in [0, 0.05) is 20.2 Å². The van der Waals surface area contributed by atoms with Gasteiger partial charge in [0.1, 0.15) is 18.1 Å². The minimum Gasteiger partial charge on any atom is -0.493 e. The lowest BCUT2D eigenvalue weighted by molar-refractivity contribution is -0.142. The van der Waals surface area contributed by atoms with Crippen molar-refractivity contribution in [2.45, 2.75) is 32.9 Å². The molecule has 1 N–H and O–H groups in total. The molecule has 1 atom stereocenters. The van der Waals surface area contributed by atoms with Gasteiger partial charge in [0.2, 0.25) is 11.8 Å². The van der Waals surface area contributed by atoms with E-state index in [4.69, 9.17) is 14.2 Å². The molecule has 0 bridgehead atoms. The van der Waals surface area contributed by atoms with Crippen molar-refractivity contribution in [1.29, 1.82) is 0 Å². The summed E-state index contributed by atoms with van der Waals surface area (Å²) in [5.74, 6) is 0.856. The van der Waals surface area contributed by atoms with Crippen molar-refractivity contribution in [2.24, 2.45) is 5.92 Å². The van der Waals surface area contributed by atoms with Gasteiger partial charge in [-0.1, -0.05) is 37.3 Å². The van der Waals surface area contributed by atoms with E-state index in [2.05, 4.69) is 29.5 Å². The van der Waals surface area contributed by atoms with E-state index in [1.54, 1.807) is 37.1 Å². The Morgan fingerprint density at radius 2 is 1.81 bits per heavy atom. The summed E-state index contributed by atoms with van der Waals surface area (Å²) < 4.78 is 17.7. The second-order valence-corrected chi connectivity index (χ2v) is 8.81. The van der Waals surface area contributed by atoms with Gasteiger partial charge in [0.05, 0.1) is 26.3 Å². The quantitative estimate of drug-likeness (QED) is 0.387. The third-order valence-corrected chi connectivity index (χ3v) is 5.87. The van der Waals surface area contributed by atoms with E-state index in [0.717, 1.165) is 11.9 Å². The number of rotatable bonds is 13. The third kappa shape index (κ3) is 6.51. The molecule has 0 saturated heterocycles. The first-order valence-corrected chi connectivity index (χ1v) is 12.0. The molecule has 2 aromatic carbocycles. The minimum absolute atomic E-state index is 0.0761. The fourth-order valence-corrected chi connectivity index (χ4v) is 3.92. The van der Waals surface area contributed by atoms with Crippen LogP contribution in [0.3, 0.4) is 0 Å². The standard InChI is InChI=1S/C26H35N5O5/c1-18(2)12-13-27-26(33)25(19-10-11-22(35-4)23(16-19)36-5)30(14-15-34-3)24(32)17-31-21-9-7-6-8-20(21)28-29-31/h6-11,16,18,25H,12-15,17H2,1-5H3,(H,27,33)/t25-/m1/s1. The number of carbonyl (C=O) groups is 2. The van der Waals surface area contributed by atoms with E-state index in [-0.39, 0.29) is 31.5 Å². The molecule has 1 heterocycles. The number of fused-ring (bicyclic) bond motifs is 1. The molecule has 0 aliphatic heterocycles. The third-order valence-electron chi connectivity index (χ3n) is 5.87. The number of nitrogens with zero attached hydrogens (tertiary/aromatic N) is 4. The van der Waals surface area contributed by atoms with Crippen LogP contribution in [0.4, 0.5) is 0 Å². The van der Waals surface area contributed by atoms with Crippen molar-refractivity contribution in [3.8, 4) is 11.5 Å². The predicted molar refractivity (Wildman–Crippen MR) is 136 cm³/mol. The average molecular weight is 498 g/mol. The Hall–Kier alpha value is -3.66. The summed E-state index contributed by atoms with van der Waals surface area (Å²) in [4.78, 5) is 28.8. The van der Waals surface area contributed by atoms with Crippen LogP contribution in [0, 0.1) is 5.92 Å².